The zero-order chi connectivity index (χ0) is 19.5. The number of para-hydroxylation sites is 1. The Labute approximate surface area is 168 Å². The molecule has 0 aliphatic carbocycles. The maximum absolute atomic E-state index is 12.9. The molecule has 1 aliphatic heterocycles. The third-order valence-electron chi connectivity index (χ3n) is 4.60. The predicted octanol–water partition coefficient (Wildman–Crippen LogP) is 4.78. The fraction of sp³-hybridized carbons (Fsp3) is 0.182. The third kappa shape index (κ3) is 3.64. The number of rotatable bonds is 6. The smallest absolute Gasteiger partial charge is 0.258 e. The first kappa shape index (κ1) is 18.3. The van der Waals surface area contributed by atoms with Crippen molar-refractivity contribution in [1.29, 1.82) is 0 Å². The Bertz CT molecular complexity index is 997. The summed E-state index contributed by atoms with van der Waals surface area (Å²) in [5, 5.41) is 6.50. The summed E-state index contributed by atoms with van der Waals surface area (Å²) >= 11 is 1.62. The van der Waals surface area contributed by atoms with Crippen LogP contribution < -0.4 is 10.1 Å². The van der Waals surface area contributed by atoms with E-state index in [1.165, 1.54) is 0 Å². The van der Waals surface area contributed by atoms with Crippen molar-refractivity contribution in [2.45, 2.75) is 19.7 Å². The molecule has 5 nitrogen and oxygen atoms in total. The Hall–Kier alpha value is -3.12. The molecule has 0 spiro atoms. The van der Waals surface area contributed by atoms with Crippen molar-refractivity contribution in [2.24, 2.45) is 0 Å². The van der Waals surface area contributed by atoms with Crippen LogP contribution in [-0.2, 0) is 6.61 Å². The molecule has 6 heteroatoms. The Morgan fingerprint density at radius 2 is 2.04 bits per heavy atom. The maximum Gasteiger partial charge on any atom is 0.258 e. The number of hydrogen-bond donors (Lipinski definition) is 1. The molecule has 0 radical (unpaired) electrons. The molecule has 2 aromatic carbocycles. The second-order valence-electron chi connectivity index (χ2n) is 6.55. The fourth-order valence-electron chi connectivity index (χ4n) is 3.26. The first-order valence-electron chi connectivity index (χ1n) is 9.07. The lowest BCUT2D eigenvalue weighted by Crippen LogP contribution is -2.42. The third-order valence-corrected chi connectivity index (χ3v) is 5.42. The van der Waals surface area contributed by atoms with Crippen molar-refractivity contribution in [3.63, 3.8) is 0 Å². The highest BCUT2D eigenvalue weighted by Crippen LogP contribution is 2.33. The van der Waals surface area contributed by atoms with E-state index in [4.69, 9.17) is 4.74 Å². The predicted molar refractivity (Wildman–Crippen MR) is 112 cm³/mol. The Kier molecular flexibility index (Phi) is 5.12. The van der Waals surface area contributed by atoms with Crippen LogP contribution in [0.2, 0.25) is 0 Å². The average molecular weight is 391 g/mol. The van der Waals surface area contributed by atoms with Gasteiger partial charge >= 0.3 is 0 Å². The highest BCUT2D eigenvalue weighted by Gasteiger charge is 2.31. The highest BCUT2D eigenvalue weighted by molar-refractivity contribution is 7.09. The standard InChI is InChI=1S/C22H21N3O2S/c1-3-12-25-21(24-20-7-5-4-6-19(20)22(25)26)16-8-10-18(11-9-16)27-13-17-14-28-15(2)23-17/h3-11,14,21,24H,1,12-13H2,2H3. The second kappa shape index (κ2) is 7.86. The summed E-state index contributed by atoms with van der Waals surface area (Å²) in [6.45, 7) is 6.69. The van der Waals surface area contributed by atoms with Gasteiger partial charge in [0.15, 0.2) is 0 Å². The fourth-order valence-corrected chi connectivity index (χ4v) is 3.86. The monoisotopic (exact) mass is 391 g/mol. The van der Waals surface area contributed by atoms with Crippen molar-refractivity contribution < 1.29 is 9.53 Å². The molecule has 0 bridgehead atoms. The van der Waals surface area contributed by atoms with Crippen molar-refractivity contribution >= 4 is 22.9 Å². The summed E-state index contributed by atoms with van der Waals surface area (Å²) in [4.78, 5) is 19.1. The van der Waals surface area contributed by atoms with E-state index in [0.717, 1.165) is 27.7 Å². The zero-order valence-electron chi connectivity index (χ0n) is 15.6. The number of hydrogen-bond acceptors (Lipinski definition) is 5. The Balaban J connectivity index is 1.53. The van der Waals surface area contributed by atoms with Crippen LogP contribution in [0.5, 0.6) is 5.75 Å². The molecule has 1 N–H and O–H groups in total. The molecule has 0 saturated carbocycles. The van der Waals surface area contributed by atoms with Crippen LogP contribution >= 0.6 is 11.3 Å². The zero-order valence-corrected chi connectivity index (χ0v) is 16.4. The molecule has 2 heterocycles. The van der Waals surface area contributed by atoms with Gasteiger partial charge in [0, 0.05) is 17.6 Å². The van der Waals surface area contributed by atoms with E-state index in [0.29, 0.717) is 18.7 Å². The van der Waals surface area contributed by atoms with E-state index in [2.05, 4.69) is 16.9 Å². The first-order valence-corrected chi connectivity index (χ1v) is 9.95. The van der Waals surface area contributed by atoms with Gasteiger partial charge in [-0.05, 0) is 36.8 Å². The molecule has 1 amide bonds. The van der Waals surface area contributed by atoms with Crippen LogP contribution in [0, 0.1) is 6.92 Å². The van der Waals surface area contributed by atoms with Crippen LogP contribution in [0.3, 0.4) is 0 Å². The summed E-state index contributed by atoms with van der Waals surface area (Å²) in [7, 11) is 0. The number of amides is 1. The summed E-state index contributed by atoms with van der Waals surface area (Å²) in [5.74, 6) is 0.769. The number of aromatic nitrogens is 1. The topological polar surface area (TPSA) is 54.5 Å². The van der Waals surface area contributed by atoms with Crippen molar-refractivity contribution in [2.75, 3.05) is 11.9 Å². The van der Waals surface area contributed by atoms with E-state index in [1.807, 2.05) is 60.8 Å². The lowest BCUT2D eigenvalue weighted by molar-refractivity contribution is 0.0707. The van der Waals surface area contributed by atoms with Gasteiger partial charge in [0.2, 0.25) is 0 Å². The van der Waals surface area contributed by atoms with E-state index in [9.17, 15) is 4.79 Å². The number of nitrogens with one attached hydrogen (secondary N) is 1. The number of carbonyl (C=O) groups is 1. The molecular formula is C22H21N3O2S. The number of anilines is 1. The molecule has 28 heavy (non-hydrogen) atoms. The molecule has 1 atom stereocenters. The molecule has 142 valence electrons. The van der Waals surface area contributed by atoms with Gasteiger partial charge in [0.1, 0.15) is 18.5 Å². The number of thiazole rings is 1. The maximum atomic E-state index is 12.9. The van der Waals surface area contributed by atoms with Crippen LogP contribution in [-0.4, -0.2) is 22.3 Å². The second-order valence-corrected chi connectivity index (χ2v) is 7.62. The van der Waals surface area contributed by atoms with Crippen LogP contribution in [0.25, 0.3) is 0 Å². The summed E-state index contributed by atoms with van der Waals surface area (Å²) in [6, 6.07) is 15.4. The molecule has 1 aliphatic rings. The van der Waals surface area contributed by atoms with Gasteiger partial charge < -0.3 is 15.0 Å². The molecular weight excluding hydrogens is 370 g/mol. The summed E-state index contributed by atoms with van der Waals surface area (Å²) < 4.78 is 5.83. The Morgan fingerprint density at radius 1 is 1.25 bits per heavy atom. The minimum atomic E-state index is -0.254. The molecule has 4 rings (SSSR count). The normalized spacial score (nSPS) is 15.7. The van der Waals surface area contributed by atoms with Gasteiger partial charge in [-0.15, -0.1) is 17.9 Å². The van der Waals surface area contributed by atoms with Gasteiger partial charge in [0.05, 0.1) is 16.3 Å². The van der Waals surface area contributed by atoms with Gasteiger partial charge in [-0.2, -0.15) is 0 Å². The molecule has 0 saturated heterocycles. The number of benzene rings is 2. The van der Waals surface area contributed by atoms with E-state index < -0.39 is 0 Å². The van der Waals surface area contributed by atoms with E-state index in [-0.39, 0.29) is 12.1 Å². The molecule has 0 fully saturated rings. The number of fused-ring (bicyclic) bond motifs is 1. The number of aryl methyl sites for hydroxylation is 1. The minimum Gasteiger partial charge on any atom is -0.487 e. The lowest BCUT2D eigenvalue weighted by Gasteiger charge is -2.37. The van der Waals surface area contributed by atoms with Gasteiger partial charge in [-0.25, -0.2) is 4.98 Å². The summed E-state index contributed by atoms with van der Waals surface area (Å²) in [6.07, 6.45) is 1.49. The Morgan fingerprint density at radius 3 is 2.75 bits per heavy atom. The molecule has 1 unspecified atom stereocenters. The largest absolute Gasteiger partial charge is 0.487 e. The number of carbonyl (C=O) groups excluding carboxylic acids is 1. The van der Waals surface area contributed by atoms with Crippen LogP contribution in [0.1, 0.15) is 32.8 Å². The first-order chi connectivity index (χ1) is 13.7. The molecule has 3 aromatic rings. The van der Waals surface area contributed by atoms with Gasteiger partial charge in [-0.1, -0.05) is 30.3 Å². The van der Waals surface area contributed by atoms with E-state index >= 15 is 0 Å². The van der Waals surface area contributed by atoms with Gasteiger partial charge in [-0.3, -0.25) is 4.79 Å². The van der Waals surface area contributed by atoms with E-state index in [1.54, 1.807) is 22.3 Å². The highest BCUT2D eigenvalue weighted by atomic mass is 32.1. The average Bonchev–Trinajstić information content (AvgIpc) is 3.14. The van der Waals surface area contributed by atoms with Crippen LogP contribution in [0.4, 0.5) is 5.69 Å². The van der Waals surface area contributed by atoms with Crippen molar-refractivity contribution in [3.05, 3.63) is 88.4 Å². The SMILES string of the molecule is C=CCN1C(=O)c2ccccc2NC1c1ccc(OCc2csc(C)n2)cc1. The van der Waals surface area contributed by atoms with Crippen LogP contribution in [0.15, 0.2) is 66.6 Å². The number of ether oxygens (including phenoxy) is 1. The van der Waals surface area contributed by atoms with Crippen molar-refractivity contribution in [1.82, 2.24) is 9.88 Å². The lowest BCUT2D eigenvalue weighted by atomic mass is 10.0. The summed E-state index contributed by atoms with van der Waals surface area (Å²) in [5.41, 5.74) is 3.44. The van der Waals surface area contributed by atoms with Crippen molar-refractivity contribution in [3.8, 4) is 5.75 Å². The quantitative estimate of drug-likeness (QED) is 0.614. The minimum absolute atomic E-state index is 0.00141. The molecule has 1 aromatic heterocycles. The van der Waals surface area contributed by atoms with Gasteiger partial charge in [0.25, 0.3) is 5.91 Å². The number of nitrogens with zero attached hydrogens (tertiary/aromatic N) is 2.